The van der Waals surface area contributed by atoms with E-state index in [0.717, 1.165) is 24.1 Å². The summed E-state index contributed by atoms with van der Waals surface area (Å²) < 4.78 is 8.45. The van der Waals surface area contributed by atoms with Crippen molar-refractivity contribution in [3.8, 4) is 17.0 Å². The third kappa shape index (κ3) is 4.92. The van der Waals surface area contributed by atoms with Crippen molar-refractivity contribution in [2.45, 2.75) is 45.8 Å². The monoisotopic (exact) mass is 500 g/mol. The molecule has 38 heavy (non-hydrogen) atoms. The van der Waals surface area contributed by atoms with E-state index in [0.29, 0.717) is 12.4 Å². The van der Waals surface area contributed by atoms with E-state index in [1.54, 1.807) is 0 Å². The van der Waals surface area contributed by atoms with Crippen LogP contribution in [0.3, 0.4) is 0 Å². The number of unbranched alkanes of at least 4 members (excludes halogenated alkanes) is 2. The molecule has 190 valence electrons. The number of hydrogen-bond donors (Lipinski definition) is 1. The first-order valence-electron chi connectivity index (χ1n) is 13.5. The van der Waals surface area contributed by atoms with Crippen molar-refractivity contribution in [1.29, 1.82) is 0 Å². The van der Waals surface area contributed by atoms with Crippen molar-refractivity contribution in [1.82, 2.24) is 19.7 Å². The molecule has 6 aromatic rings. The summed E-state index contributed by atoms with van der Waals surface area (Å²) in [5.41, 5.74) is 6.65. The number of aromatic amines is 1. The van der Waals surface area contributed by atoms with Crippen LogP contribution in [0.4, 0.5) is 0 Å². The quantitative estimate of drug-likeness (QED) is 0.194. The molecule has 2 aromatic heterocycles. The van der Waals surface area contributed by atoms with Gasteiger partial charge in [0, 0.05) is 17.4 Å². The Balaban J connectivity index is 1.42. The van der Waals surface area contributed by atoms with Gasteiger partial charge in [-0.25, -0.2) is 4.98 Å². The van der Waals surface area contributed by atoms with Crippen LogP contribution in [0.2, 0.25) is 0 Å². The van der Waals surface area contributed by atoms with E-state index in [-0.39, 0.29) is 0 Å². The van der Waals surface area contributed by atoms with Gasteiger partial charge in [-0.05, 0) is 64.6 Å². The molecule has 0 radical (unpaired) electrons. The predicted molar refractivity (Wildman–Crippen MR) is 154 cm³/mol. The lowest BCUT2D eigenvalue weighted by Gasteiger charge is -2.14. The summed E-state index contributed by atoms with van der Waals surface area (Å²) in [5.74, 6) is 1.53. The number of benzene rings is 4. The van der Waals surface area contributed by atoms with Crippen LogP contribution in [0.5, 0.6) is 5.75 Å². The lowest BCUT2D eigenvalue weighted by molar-refractivity contribution is 0.297. The SMILES string of the molecule is CCCCCc1c(-c2ccc3cc(OCc4ncn[nH]4)ccc3c2)n(Cc2ccccc2)c2ccccc12. The van der Waals surface area contributed by atoms with E-state index >= 15 is 0 Å². The zero-order valence-electron chi connectivity index (χ0n) is 21.7. The van der Waals surface area contributed by atoms with E-state index in [1.807, 2.05) is 6.07 Å². The summed E-state index contributed by atoms with van der Waals surface area (Å²) in [6.45, 7) is 3.48. The van der Waals surface area contributed by atoms with Crippen LogP contribution in [0, 0.1) is 0 Å². The summed E-state index contributed by atoms with van der Waals surface area (Å²) in [7, 11) is 0. The number of aromatic nitrogens is 4. The van der Waals surface area contributed by atoms with Gasteiger partial charge in [0.25, 0.3) is 0 Å². The largest absolute Gasteiger partial charge is 0.486 e. The Kier molecular flexibility index (Phi) is 6.90. The summed E-state index contributed by atoms with van der Waals surface area (Å²) in [6.07, 6.45) is 6.23. The van der Waals surface area contributed by atoms with Gasteiger partial charge in [0.2, 0.25) is 0 Å². The van der Waals surface area contributed by atoms with E-state index < -0.39 is 0 Å². The van der Waals surface area contributed by atoms with Crippen LogP contribution in [-0.2, 0) is 19.6 Å². The first-order chi connectivity index (χ1) is 18.8. The van der Waals surface area contributed by atoms with E-state index in [4.69, 9.17) is 4.74 Å². The molecule has 2 heterocycles. The van der Waals surface area contributed by atoms with E-state index in [9.17, 15) is 0 Å². The maximum atomic E-state index is 5.93. The molecule has 5 heteroatoms. The van der Waals surface area contributed by atoms with Crippen molar-refractivity contribution in [3.63, 3.8) is 0 Å². The molecule has 6 rings (SSSR count). The van der Waals surface area contributed by atoms with Crippen LogP contribution in [0.25, 0.3) is 32.9 Å². The van der Waals surface area contributed by atoms with Crippen LogP contribution in [0.1, 0.15) is 43.1 Å². The number of rotatable bonds is 10. The van der Waals surface area contributed by atoms with Gasteiger partial charge in [-0.1, -0.05) is 86.5 Å². The van der Waals surface area contributed by atoms with E-state index in [1.165, 1.54) is 64.3 Å². The van der Waals surface area contributed by atoms with Gasteiger partial charge in [-0.2, -0.15) is 5.10 Å². The fraction of sp³-hybridized carbons (Fsp3) is 0.212. The topological polar surface area (TPSA) is 55.7 Å². The molecule has 0 spiro atoms. The van der Waals surface area contributed by atoms with Gasteiger partial charge >= 0.3 is 0 Å². The number of aryl methyl sites for hydroxylation is 1. The smallest absolute Gasteiger partial charge is 0.162 e. The Labute approximate surface area is 223 Å². The minimum Gasteiger partial charge on any atom is -0.486 e. The summed E-state index contributed by atoms with van der Waals surface area (Å²) in [6, 6.07) is 32.7. The highest BCUT2D eigenvalue weighted by molar-refractivity contribution is 5.95. The number of ether oxygens (including phenoxy) is 1. The molecule has 0 fully saturated rings. The number of H-pyrrole nitrogens is 1. The summed E-state index contributed by atoms with van der Waals surface area (Å²) >= 11 is 0. The van der Waals surface area contributed by atoms with E-state index in [2.05, 4.69) is 112 Å². The van der Waals surface area contributed by atoms with Gasteiger partial charge in [-0.3, -0.25) is 5.10 Å². The van der Waals surface area contributed by atoms with Crippen LogP contribution >= 0.6 is 0 Å². The minimum absolute atomic E-state index is 0.365. The number of nitrogens with one attached hydrogen (secondary N) is 1. The molecular weight excluding hydrogens is 468 g/mol. The van der Waals surface area contributed by atoms with Gasteiger partial charge in [0.15, 0.2) is 5.82 Å². The third-order valence-corrected chi connectivity index (χ3v) is 7.22. The van der Waals surface area contributed by atoms with Gasteiger partial charge < -0.3 is 9.30 Å². The molecule has 1 N–H and O–H groups in total. The molecular formula is C33H32N4O. The first kappa shape index (κ1) is 24.0. The summed E-state index contributed by atoms with van der Waals surface area (Å²) in [4.78, 5) is 4.14. The second-order valence-corrected chi connectivity index (χ2v) is 9.82. The third-order valence-electron chi connectivity index (χ3n) is 7.22. The van der Waals surface area contributed by atoms with Crippen LogP contribution in [0.15, 0.2) is 97.3 Å². The molecule has 0 atom stereocenters. The predicted octanol–water partition coefficient (Wildman–Crippen LogP) is 7.94. The molecule has 0 unspecified atom stereocenters. The van der Waals surface area contributed by atoms with Gasteiger partial charge in [0.1, 0.15) is 18.7 Å². The molecule has 0 aliphatic rings. The molecule has 0 saturated carbocycles. The zero-order valence-corrected chi connectivity index (χ0v) is 21.7. The fourth-order valence-electron chi connectivity index (χ4n) is 5.35. The lowest BCUT2D eigenvalue weighted by Crippen LogP contribution is -2.03. The molecule has 4 aromatic carbocycles. The van der Waals surface area contributed by atoms with Crippen molar-refractivity contribution >= 4 is 21.7 Å². The lowest BCUT2D eigenvalue weighted by atomic mass is 9.98. The van der Waals surface area contributed by atoms with Crippen molar-refractivity contribution in [2.75, 3.05) is 0 Å². The Bertz CT molecular complexity index is 1650. The Hall–Kier alpha value is -4.38. The number of fused-ring (bicyclic) bond motifs is 2. The van der Waals surface area contributed by atoms with Crippen LogP contribution in [-0.4, -0.2) is 19.7 Å². The highest BCUT2D eigenvalue weighted by atomic mass is 16.5. The normalized spacial score (nSPS) is 11.4. The molecule has 0 aliphatic heterocycles. The second kappa shape index (κ2) is 10.9. The molecule has 5 nitrogen and oxygen atoms in total. The molecule has 0 bridgehead atoms. The Morgan fingerprint density at radius 1 is 0.842 bits per heavy atom. The van der Waals surface area contributed by atoms with Crippen molar-refractivity contribution < 1.29 is 4.74 Å². The minimum atomic E-state index is 0.365. The maximum absolute atomic E-state index is 5.93. The number of para-hydroxylation sites is 1. The molecule has 0 saturated heterocycles. The standard InChI is InChI=1S/C33H32N4O/c1-2-3-5-13-30-29-12-8-9-14-31(29)37(21-24-10-6-4-7-11-24)33(30)27-16-15-26-20-28(18-17-25(26)19-27)38-22-32-34-23-35-36-32/h4,6-12,14-20,23H,2-3,5,13,21-22H2,1H3,(H,34,35,36). The highest BCUT2D eigenvalue weighted by Crippen LogP contribution is 2.37. The van der Waals surface area contributed by atoms with Crippen molar-refractivity contribution in [2.24, 2.45) is 0 Å². The maximum Gasteiger partial charge on any atom is 0.162 e. The van der Waals surface area contributed by atoms with Gasteiger partial charge in [0.05, 0.1) is 5.69 Å². The highest BCUT2D eigenvalue weighted by Gasteiger charge is 2.19. The second-order valence-electron chi connectivity index (χ2n) is 9.82. The number of nitrogens with zero attached hydrogens (tertiary/aromatic N) is 3. The Morgan fingerprint density at radius 3 is 2.50 bits per heavy atom. The average Bonchev–Trinajstić information content (AvgIpc) is 3.59. The average molecular weight is 501 g/mol. The molecule has 0 aliphatic carbocycles. The fourth-order valence-corrected chi connectivity index (χ4v) is 5.35. The molecule has 0 amide bonds. The van der Waals surface area contributed by atoms with Crippen molar-refractivity contribution in [3.05, 3.63) is 114 Å². The number of hydrogen-bond acceptors (Lipinski definition) is 3. The zero-order chi connectivity index (χ0) is 25.7. The summed E-state index contributed by atoms with van der Waals surface area (Å²) in [5, 5.41) is 10.4. The van der Waals surface area contributed by atoms with Crippen LogP contribution < -0.4 is 4.74 Å². The Morgan fingerprint density at radius 2 is 1.66 bits per heavy atom. The van der Waals surface area contributed by atoms with Gasteiger partial charge in [-0.15, -0.1) is 0 Å². The first-order valence-corrected chi connectivity index (χ1v) is 13.5.